The summed E-state index contributed by atoms with van der Waals surface area (Å²) >= 11 is 1.40. The minimum absolute atomic E-state index is 0.00817. The number of carbonyl (C=O) groups excluding carboxylic acids is 2. The number of likely N-dealkylation sites (tertiary alicyclic amines) is 1. The normalized spacial score (nSPS) is 17.7. The maximum absolute atomic E-state index is 13.1. The first-order valence-corrected chi connectivity index (χ1v) is 10.4. The van der Waals surface area contributed by atoms with Crippen LogP contribution in [0.1, 0.15) is 22.2 Å². The third-order valence-electron chi connectivity index (χ3n) is 5.08. The fourth-order valence-electron chi connectivity index (χ4n) is 3.67. The Balaban J connectivity index is 1.90. The topological polar surface area (TPSA) is 89.0 Å². The van der Waals surface area contributed by atoms with Crippen LogP contribution >= 0.6 is 11.3 Å². The quantitative estimate of drug-likeness (QED) is 0.359. The number of aliphatic hydroxyl groups is 1. The van der Waals surface area contributed by atoms with Crippen LogP contribution in [-0.4, -0.2) is 40.9 Å². The second-order valence-electron chi connectivity index (χ2n) is 6.80. The molecule has 1 saturated heterocycles. The summed E-state index contributed by atoms with van der Waals surface area (Å²) in [5.74, 6) is -1.13. The lowest BCUT2D eigenvalue weighted by Gasteiger charge is -2.24. The number of Topliss-reactive ketones (excluding diaryl/α,β-unsaturated/α-hetero) is 1. The van der Waals surface area contributed by atoms with Crippen molar-refractivity contribution in [1.29, 1.82) is 0 Å². The molecule has 1 fully saturated rings. The molecule has 0 spiro atoms. The van der Waals surface area contributed by atoms with Crippen molar-refractivity contribution in [3.63, 3.8) is 0 Å². The van der Waals surface area contributed by atoms with Crippen LogP contribution in [-0.2, 0) is 16.1 Å². The summed E-state index contributed by atoms with van der Waals surface area (Å²) < 4.78 is 10.8. The minimum Gasteiger partial charge on any atom is -0.506 e. The number of thiophene rings is 1. The Morgan fingerprint density at radius 2 is 1.81 bits per heavy atom. The smallest absolute Gasteiger partial charge is 0.296 e. The summed E-state index contributed by atoms with van der Waals surface area (Å²) in [7, 11) is 2.92. The Hall–Kier alpha value is -3.65. The van der Waals surface area contributed by atoms with Crippen molar-refractivity contribution in [2.45, 2.75) is 12.6 Å². The number of hydrogen-bond acceptors (Lipinski definition) is 7. The van der Waals surface area contributed by atoms with Crippen LogP contribution < -0.4 is 9.47 Å². The Morgan fingerprint density at radius 3 is 2.39 bits per heavy atom. The highest BCUT2D eigenvalue weighted by atomic mass is 32.1. The van der Waals surface area contributed by atoms with Crippen LogP contribution in [0.25, 0.3) is 5.76 Å². The van der Waals surface area contributed by atoms with E-state index in [0.717, 1.165) is 4.88 Å². The number of aliphatic hydroxyl groups excluding tert-OH is 1. The molecule has 1 aromatic carbocycles. The Bertz CT molecular complexity index is 1120. The molecular weight excluding hydrogens is 416 g/mol. The molecule has 3 aromatic rings. The van der Waals surface area contributed by atoms with Gasteiger partial charge in [-0.25, -0.2) is 0 Å². The fraction of sp³-hybridized carbons (Fsp3) is 0.174. The molecule has 0 aliphatic carbocycles. The zero-order chi connectivity index (χ0) is 22.0. The number of nitrogens with zero attached hydrogens (tertiary/aromatic N) is 2. The first kappa shape index (κ1) is 20.6. The standard InChI is InChI=1S/C23H20N2O5S/c1-29-15-8-5-9-16(30-2)18(15)21(26)19-20(17-10-6-12-31-17)25(23(28)22(19)27)13-14-7-3-4-11-24-14/h3-12,20,26H,13H2,1-2H3/b21-19+. The lowest BCUT2D eigenvalue weighted by atomic mass is 9.98. The Labute approximate surface area is 183 Å². The van der Waals surface area contributed by atoms with E-state index in [-0.39, 0.29) is 23.4 Å². The summed E-state index contributed by atoms with van der Waals surface area (Å²) in [6, 6.07) is 13.3. The van der Waals surface area contributed by atoms with Crippen molar-refractivity contribution in [2.24, 2.45) is 0 Å². The second-order valence-corrected chi connectivity index (χ2v) is 7.78. The van der Waals surface area contributed by atoms with Gasteiger partial charge < -0.3 is 19.5 Å². The van der Waals surface area contributed by atoms with Crippen molar-refractivity contribution in [1.82, 2.24) is 9.88 Å². The van der Waals surface area contributed by atoms with Gasteiger partial charge in [-0.2, -0.15) is 0 Å². The molecule has 2 aromatic heterocycles. The van der Waals surface area contributed by atoms with Crippen LogP contribution in [0, 0.1) is 0 Å². The highest BCUT2D eigenvalue weighted by Gasteiger charge is 2.47. The van der Waals surface area contributed by atoms with Crippen molar-refractivity contribution in [2.75, 3.05) is 14.2 Å². The maximum atomic E-state index is 13.1. The number of methoxy groups -OCH3 is 2. The van der Waals surface area contributed by atoms with E-state index < -0.39 is 17.7 Å². The van der Waals surface area contributed by atoms with Crippen LogP contribution in [0.5, 0.6) is 11.5 Å². The van der Waals surface area contributed by atoms with E-state index in [2.05, 4.69) is 4.98 Å². The number of ether oxygens (including phenoxy) is 2. The van der Waals surface area contributed by atoms with E-state index in [1.807, 2.05) is 23.6 Å². The number of carbonyl (C=O) groups is 2. The van der Waals surface area contributed by atoms with Gasteiger partial charge in [-0.1, -0.05) is 18.2 Å². The molecule has 1 amide bonds. The van der Waals surface area contributed by atoms with Crippen LogP contribution in [0.3, 0.4) is 0 Å². The van der Waals surface area contributed by atoms with Crippen molar-refractivity contribution in [3.05, 3.63) is 81.8 Å². The lowest BCUT2D eigenvalue weighted by Crippen LogP contribution is -2.29. The molecule has 1 unspecified atom stereocenters. The van der Waals surface area contributed by atoms with Crippen LogP contribution in [0.15, 0.2) is 65.7 Å². The molecule has 0 saturated carbocycles. The van der Waals surface area contributed by atoms with Crippen molar-refractivity contribution < 1.29 is 24.2 Å². The van der Waals surface area contributed by atoms with E-state index in [1.54, 1.807) is 36.5 Å². The van der Waals surface area contributed by atoms with Crippen molar-refractivity contribution in [3.8, 4) is 11.5 Å². The molecule has 31 heavy (non-hydrogen) atoms. The molecule has 158 valence electrons. The molecule has 0 radical (unpaired) electrons. The van der Waals surface area contributed by atoms with Gasteiger partial charge in [-0.15, -0.1) is 11.3 Å². The van der Waals surface area contributed by atoms with E-state index in [0.29, 0.717) is 17.2 Å². The van der Waals surface area contributed by atoms with E-state index in [1.165, 1.54) is 30.5 Å². The molecule has 8 heteroatoms. The Kier molecular flexibility index (Phi) is 5.73. The summed E-state index contributed by atoms with van der Waals surface area (Å²) in [6.45, 7) is 0.133. The van der Waals surface area contributed by atoms with E-state index in [4.69, 9.17) is 9.47 Å². The number of benzene rings is 1. The zero-order valence-electron chi connectivity index (χ0n) is 16.9. The van der Waals surface area contributed by atoms with Gasteiger partial charge in [-0.05, 0) is 35.7 Å². The summed E-state index contributed by atoms with van der Waals surface area (Å²) in [6.07, 6.45) is 1.63. The number of ketones is 1. The number of amides is 1. The third-order valence-corrected chi connectivity index (χ3v) is 6.00. The third kappa shape index (κ3) is 3.66. The van der Waals surface area contributed by atoms with Gasteiger partial charge in [-0.3, -0.25) is 14.6 Å². The van der Waals surface area contributed by atoms with Gasteiger partial charge in [0.25, 0.3) is 11.7 Å². The SMILES string of the molecule is COc1cccc(OC)c1/C(O)=C1\C(=O)C(=O)N(Cc2ccccn2)C1c1cccs1. The molecule has 4 rings (SSSR count). The van der Waals surface area contributed by atoms with E-state index >= 15 is 0 Å². The van der Waals surface area contributed by atoms with Crippen LogP contribution in [0.4, 0.5) is 0 Å². The molecule has 0 bridgehead atoms. The largest absolute Gasteiger partial charge is 0.506 e. The first-order valence-electron chi connectivity index (χ1n) is 9.50. The highest BCUT2D eigenvalue weighted by molar-refractivity contribution is 7.10. The Morgan fingerprint density at radius 1 is 1.06 bits per heavy atom. The lowest BCUT2D eigenvalue weighted by molar-refractivity contribution is -0.140. The van der Waals surface area contributed by atoms with Gasteiger partial charge in [0.05, 0.1) is 32.0 Å². The van der Waals surface area contributed by atoms with Gasteiger partial charge in [0.2, 0.25) is 0 Å². The highest BCUT2D eigenvalue weighted by Crippen LogP contribution is 2.44. The predicted octanol–water partition coefficient (Wildman–Crippen LogP) is 3.78. The molecule has 1 atom stereocenters. The fourth-order valence-corrected chi connectivity index (χ4v) is 4.52. The number of hydrogen-bond donors (Lipinski definition) is 1. The predicted molar refractivity (Wildman–Crippen MR) is 116 cm³/mol. The second kappa shape index (κ2) is 8.61. The number of aromatic nitrogens is 1. The first-order chi connectivity index (χ1) is 15.1. The maximum Gasteiger partial charge on any atom is 0.296 e. The summed E-state index contributed by atoms with van der Waals surface area (Å²) in [5, 5.41) is 13.2. The monoisotopic (exact) mass is 436 g/mol. The van der Waals surface area contributed by atoms with Gasteiger partial charge in [0.15, 0.2) is 0 Å². The number of pyridine rings is 1. The van der Waals surface area contributed by atoms with Gasteiger partial charge in [0.1, 0.15) is 28.9 Å². The van der Waals surface area contributed by atoms with E-state index in [9.17, 15) is 14.7 Å². The zero-order valence-corrected chi connectivity index (χ0v) is 17.8. The average Bonchev–Trinajstić information content (AvgIpc) is 3.41. The molecule has 3 heterocycles. The molecule has 1 aliphatic rings. The molecule has 1 N–H and O–H groups in total. The molecular formula is C23H20N2O5S. The molecule has 1 aliphatic heterocycles. The number of rotatable bonds is 6. The van der Waals surface area contributed by atoms with Gasteiger partial charge >= 0.3 is 0 Å². The molecule has 7 nitrogen and oxygen atoms in total. The minimum atomic E-state index is -0.764. The average molecular weight is 436 g/mol. The van der Waals surface area contributed by atoms with Gasteiger partial charge in [0, 0.05) is 11.1 Å². The summed E-state index contributed by atoms with van der Waals surface area (Å²) in [5.41, 5.74) is 0.858. The van der Waals surface area contributed by atoms with Crippen LogP contribution in [0.2, 0.25) is 0 Å². The van der Waals surface area contributed by atoms with Crippen molar-refractivity contribution >= 4 is 28.8 Å². The summed E-state index contributed by atoms with van der Waals surface area (Å²) in [4.78, 5) is 32.6.